The largest absolute Gasteiger partial charge is 0.324 e. The molecule has 0 saturated carbocycles. The van der Waals surface area contributed by atoms with E-state index in [1.54, 1.807) is 0 Å². The van der Waals surface area contributed by atoms with Crippen LogP contribution in [-0.2, 0) is 0 Å². The van der Waals surface area contributed by atoms with Crippen molar-refractivity contribution < 1.29 is 0 Å². The zero-order valence-electron chi connectivity index (χ0n) is 9.86. The van der Waals surface area contributed by atoms with Gasteiger partial charge in [0, 0.05) is 10.9 Å². The number of nitrogens with two attached hydrogens (primary N) is 1. The Kier molecular flexibility index (Phi) is 5.20. The van der Waals surface area contributed by atoms with Gasteiger partial charge in [0.1, 0.15) is 0 Å². The van der Waals surface area contributed by atoms with Gasteiger partial charge in [0.15, 0.2) is 0 Å². The average Bonchev–Trinajstić information content (AvgIpc) is 2.18. The van der Waals surface area contributed by atoms with Crippen molar-refractivity contribution in [2.24, 2.45) is 11.7 Å². The summed E-state index contributed by atoms with van der Waals surface area (Å²) in [6.45, 7) is 6.59. The average molecular weight is 223 g/mol. The normalized spacial score (nSPS) is 13.1. The SMILES string of the molecule is CCSc1ccc([C@@H](N)CC(C)C)cc1. The van der Waals surface area contributed by atoms with Crippen LogP contribution in [0.5, 0.6) is 0 Å². The van der Waals surface area contributed by atoms with Crippen LogP contribution in [0.1, 0.15) is 38.8 Å². The minimum absolute atomic E-state index is 0.186. The molecule has 0 bridgehead atoms. The van der Waals surface area contributed by atoms with Crippen LogP contribution in [-0.4, -0.2) is 5.75 Å². The molecule has 1 aromatic carbocycles. The van der Waals surface area contributed by atoms with Gasteiger partial charge in [0.05, 0.1) is 0 Å². The van der Waals surface area contributed by atoms with Crippen LogP contribution in [0, 0.1) is 5.92 Å². The van der Waals surface area contributed by atoms with Crippen LogP contribution >= 0.6 is 11.8 Å². The zero-order valence-corrected chi connectivity index (χ0v) is 10.7. The molecule has 0 aliphatic rings. The van der Waals surface area contributed by atoms with E-state index < -0.39 is 0 Å². The minimum Gasteiger partial charge on any atom is -0.324 e. The number of hydrogen-bond donors (Lipinski definition) is 1. The molecule has 1 atom stereocenters. The smallest absolute Gasteiger partial charge is 0.0297 e. The van der Waals surface area contributed by atoms with Gasteiger partial charge in [-0.25, -0.2) is 0 Å². The summed E-state index contributed by atoms with van der Waals surface area (Å²) in [5.74, 6) is 1.78. The second kappa shape index (κ2) is 6.19. The highest BCUT2D eigenvalue weighted by molar-refractivity contribution is 7.99. The first-order valence-electron chi connectivity index (χ1n) is 5.61. The van der Waals surface area contributed by atoms with Crippen LogP contribution < -0.4 is 5.73 Å². The highest BCUT2D eigenvalue weighted by Gasteiger charge is 2.07. The summed E-state index contributed by atoms with van der Waals surface area (Å²) in [6.07, 6.45) is 1.06. The third-order valence-electron chi connectivity index (χ3n) is 2.34. The molecule has 0 radical (unpaired) electrons. The van der Waals surface area contributed by atoms with Crippen molar-refractivity contribution in [3.05, 3.63) is 29.8 Å². The topological polar surface area (TPSA) is 26.0 Å². The Bertz CT molecular complexity index is 279. The van der Waals surface area contributed by atoms with Crippen LogP contribution in [0.3, 0.4) is 0 Å². The highest BCUT2D eigenvalue weighted by Crippen LogP contribution is 2.22. The lowest BCUT2D eigenvalue weighted by molar-refractivity contribution is 0.510. The summed E-state index contributed by atoms with van der Waals surface area (Å²) < 4.78 is 0. The highest BCUT2D eigenvalue weighted by atomic mass is 32.2. The molecular formula is C13H21NS. The quantitative estimate of drug-likeness (QED) is 0.767. The molecule has 0 spiro atoms. The van der Waals surface area contributed by atoms with Gasteiger partial charge >= 0.3 is 0 Å². The molecule has 0 aliphatic carbocycles. The molecule has 2 N–H and O–H groups in total. The molecule has 84 valence electrons. The standard InChI is InChI=1S/C13H21NS/c1-4-15-12-7-5-11(6-8-12)13(14)9-10(2)3/h5-8,10,13H,4,9,14H2,1-3H3/t13-/m0/s1. The predicted molar refractivity (Wildman–Crippen MR) is 69.2 cm³/mol. The van der Waals surface area contributed by atoms with Gasteiger partial charge in [-0.2, -0.15) is 0 Å². The molecule has 2 heteroatoms. The molecule has 0 aliphatic heterocycles. The molecule has 0 saturated heterocycles. The fourth-order valence-electron chi connectivity index (χ4n) is 1.62. The predicted octanol–water partition coefficient (Wildman–Crippen LogP) is 3.84. The van der Waals surface area contributed by atoms with E-state index in [1.165, 1.54) is 10.5 Å². The van der Waals surface area contributed by atoms with Gasteiger partial charge in [-0.05, 0) is 35.8 Å². The summed E-state index contributed by atoms with van der Waals surface area (Å²) in [5.41, 5.74) is 7.37. The van der Waals surface area contributed by atoms with Gasteiger partial charge in [0.25, 0.3) is 0 Å². The van der Waals surface area contributed by atoms with Gasteiger partial charge in [-0.3, -0.25) is 0 Å². The van der Waals surface area contributed by atoms with Gasteiger partial charge in [-0.15, -0.1) is 11.8 Å². The van der Waals surface area contributed by atoms with Crippen molar-refractivity contribution in [3.8, 4) is 0 Å². The minimum atomic E-state index is 0.186. The maximum atomic E-state index is 6.11. The maximum Gasteiger partial charge on any atom is 0.0297 e. The van der Waals surface area contributed by atoms with Gasteiger partial charge in [0.2, 0.25) is 0 Å². The molecule has 0 amide bonds. The fraction of sp³-hybridized carbons (Fsp3) is 0.538. The van der Waals surface area contributed by atoms with E-state index in [1.807, 2.05) is 11.8 Å². The van der Waals surface area contributed by atoms with Crippen molar-refractivity contribution >= 4 is 11.8 Å². The van der Waals surface area contributed by atoms with Crippen molar-refractivity contribution in [1.29, 1.82) is 0 Å². The summed E-state index contributed by atoms with van der Waals surface area (Å²) >= 11 is 1.87. The van der Waals surface area contributed by atoms with Gasteiger partial charge < -0.3 is 5.73 Å². The van der Waals surface area contributed by atoms with Crippen LogP contribution in [0.2, 0.25) is 0 Å². The van der Waals surface area contributed by atoms with E-state index >= 15 is 0 Å². The first-order valence-corrected chi connectivity index (χ1v) is 6.60. The Morgan fingerprint density at radius 2 is 1.80 bits per heavy atom. The van der Waals surface area contributed by atoms with Crippen molar-refractivity contribution in [2.45, 2.75) is 38.1 Å². The van der Waals surface area contributed by atoms with E-state index in [4.69, 9.17) is 5.73 Å². The lowest BCUT2D eigenvalue weighted by Crippen LogP contribution is -2.12. The van der Waals surface area contributed by atoms with Gasteiger partial charge in [-0.1, -0.05) is 32.9 Å². The molecule has 0 fully saturated rings. The Hall–Kier alpha value is -0.470. The van der Waals surface area contributed by atoms with E-state index in [0.717, 1.165) is 12.2 Å². The van der Waals surface area contributed by atoms with Crippen LogP contribution in [0.15, 0.2) is 29.2 Å². The third-order valence-corrected chi connectivity index (χ3v) is 3.24. The summed E-state index contributed by atoms with van der Waals surface area (Å²) in [4.78, 5) is 1.33. The fourth-order valence-corrected chi connectivity index (χ4v) is 2.28. The molecule has 0 heterocycles. The van der Waals surface area contributed by atoms with Crippen LogP contribution in [0.4, 0.5) is 0 Å². The van der Waals surface area contributed by atoms with Crippen molar-refractivity contribution in [3.63, 3.8) is 0 Å². The summed E-state index contributed by atoms with van der Waals surface area (Å²) in [6, 6.07) is 8.84. The molecule has 1 rings (SSSR count). The van der Waals surface area contributed by atoms with Crippen molar-refractivity contribution in [1.82, 2.24) is 0 Å². The van der Waals surface area contributed by atoms with Crippen LogP contribution in [0.25, 0.3) is 0 Å². The number of benzene rings is 1. The van der Waals surface area contributed by atoms with Crippen molar-refractivity contribution in [2.75, 3.05) is 5.75 Å². The number of hydrogen-bond acceptors (Lipinski definition) is 2. The molecule has 0 unspecified atom stereocenters. The zero-order chi connectivity index (χ0) is 11.3. The Morgan fingerprint density at radius 1 is 1.20 bits per heavy atom. The lowest BCUT2D eigenvalue weighted by atomic mass is 9.98. The first kappa shape index (κ1) is 12.6. The van der Waals surface area contributed by atoms with E-state index in [0.29, 0.717) is 5.92 Å². The second-order valence-corrected chi connectivity index (χ2v) is 5.58. The molecular weight excluding hydrogens is 202 g/mol. The summed E-state index contributed by atoms with van der Waals surface area (Å²) in [5, 5.41) is 0. The molecule has 15 heavy (non-hydrogen) atoms. The third kappa shape index (κ3) is 4.27. The molecule has 1 nitrogen and oxygen atoms in total. The first-order chi connectivity index (χ1) is 7.13. The lowest BCUT2D eigenvalue weighted by Gasteiger charge is -2.14. The molecule has 0 aromatic heterocycles. The Balaban J connectivity index is 2.62. The summed E-state index contributed by atoms with van der Waals surface area (Å²) in [7, 11) is 0. The molecule has 1 aromatic rings. The maximum absolute atomic E-state index is 6.11. The Morgan fingerprint density at radius 3 is 2.27 bits per heavy atom. The number of thioether (sulfide) groups is 1. The monoisotopic (exact) mass is 223 g/mol. The second-order valence-electron chi connectivity index (χ2n) is 4.24. The van der Waals surface area contributed by atoms with E-state index in [-0.39, 0.29) is 6.04 Å². The van der Waals surface area contributed by atoms with E-state index in [9.17, 15) is 0 Å². The Labute approximate surface area is 97.4 Å². The number of rotatable bonds is 5. The van der Waals surface area contributed by atoms with E-state index in [2.05, 4.69) is 45.0 Å².